The summed E-state index contributed by atoms with van der Waals surface area (Å²) < 4.78 is 0. The van der Waals surface area contributed by atoms with Crippen molar-refractivity contribution < 1.29 is 14.7 Å². The molecular formula is C27H18ClNO3. The number of carbonyl (C=O) groups is 2. The van der Waals surface area contributed by atoms with E-state index in [2.05, 4.69) is 0 Å². The van der Waals surface area contributed by atoms with Crippen LogP contribution < -0.4 is 4.90 Å². The summed E-state index contributed by atoms with van der Waals surface area (Å²) in [6.07, 6.45) is 0. The topological polar surface area (TPSA) is 57.6 Å². The van der Waals surface area contributed by atoms with Crippen molar-refractivity contribution in [2.24, 2.45) is 0 Å². The van der Waals surface area contributed by atoms with Gasteiger partial charge in [0.2, 0.25) is 0 Å². The predicted octanol–water partition coefficient (Wildman–Crippen LogP) is 6.12. The highest BCUT2D eigenvalue weighted by Crippen LogP contribution is 2.43. The van der Waals surface area contributed by atoms with Crippen molar-refractivity contribution in [1.29, 1.82) is 0 Å². The lowest BCUT2D eigenvalue weighted by molar-refractivity contribution is -0.132. The summed E-state index contributed by atoms with van der Waals surface area (Å²) in [5.41, 5.74) is 1.82. The molecule has 4 aromatic carbocycles. The Labute approximate surface area is 190 Å². The van der Waals surface area contributed by atoms with Crippen molar-refractivity contribution in [3.63, 3.8) is 0 Å². The Morgan fingerprint density at radius 2 is 1.44 bits per heavy atom. The van der Waals surface area contributed by atoms with Gasteiger partial charge in [0.15, 0.2) is 0 Å². The van der Waals surface area contributed by atoms with Crippen LogP contribution in [0.4, 0.5) is 5.69 Å². The molecule has 4 aromatic rings. The highest BCUT2D eigenvalue weighted by Gasteiger charge is 2.47. The van der Waals surface area contributed by atoms with Gasteiger partial charge in [0.1, 0.15) is 5.76 Å². The molecule has 32 heavy (non-hydrogen) atoms. The Morgan fingerprint density at radius 3 is 2.19 bits per heavy atom. The number of amides is 1. The van der Waals surface area contributed by atoms with E-state index in [4.69, 9.17) is 11.6 Å². The number of nitrogens with zero attached hydrogens (tertiary/aromatic N) is 1. The van der Waals surface area contributed by atoms with Gasteiger partial charge in [-0.05, 0) is 40.6 Å². The van der Waals surface area contributed by atoms with Crippen LogP contribution in [-0.2, 0) is 9.59 Å². The first-order valence-electron chi connectivity index (χ1n) is 10.2. The fourth-order valence-corrected chi connectivity index (χ4v) is 4.35. The van der Waals surface area contributed by atoms with Gasteiger partial charge >= 0.3 is 0 Å². The molecule has 0 spiro atoms. The zero-order chi connectivity index (χ0) is 22.2. The fraction of sp³-hybridized carbons (Fsp3) is 0.0370. The molecule has 5 heteroatoms. The van der Waals surface area contributed by atoms with Crippen LogP contribution in [0.15, 0.2) is 103 Å². The molecule has 0 radical (unpaired) electrons. The Bertz CT molecular complexity index is 1370. The standard InChI is InChI=1S/C27H18ClNO3/c28-19-15-13-18(14-16-19)24-23(26(31)27(32)29(24)20-9-2-1-3-10-20)25(30)22-12-6-8-17-7-4-5-11-21(17)22/h1-16,24,30H/b25-23-. The second kappa shape index (κ2) is 7.98. The van der Waals surface area contributed by atoms with Crippen LogP contribution in [0.25, 0.3) is 16.5 Å². The maximum absolute atomic E-state index is 13.3. The molecule has 0 bridgehead atoms. The number of benzene rings is 4. The second-order valence-electron chi connectivity index (χ2n) is 7.58. The van der Waals surface area contributed by atoms with Crippen molar-refractivity contribution in [3.05, 3.63) is 119 Å². The number of Topliss-reactive ketones (excluding diaryl/α,β-unsaturated/α-hetero) is 1. The van der Waals surface area contributed by atoms with Crippen LogP contribution in [0, 0.1) is 0 Å². The number of carbonyl (C=O) groups excluding carboxylic acids is 2. The maximum Gasteiger partial charge on any atom is 0.300 e. The average Bonchev–Trinajstić information content (AvgIpc) is 3.09. The van der Waals surface area contributed by atoms with E-state index >= 15 is 0 Å². The Morgan fingerprint density at radius 1 is 0.781 bits per heavy atom. The van der Waals surface area contributed by atoms with E-state index in [0.717, 1.165) is 10.8 Å². The summed E-state index contributed by atoms with van der Waals surface area (Å²) in [5, 5.41) is 13.7. The SMILES string of the molecule is O=C1C(=O)N(c2ccccc2)C(c2ccc(Cl)cc2)/C1=C(/O)c1cccc2ccccc12. The number of hydrogen-bond donors (Lipinski definition) is 1. The number of para-hydroxylation sites is 1. The summed E-state index contributed by atoms with van der Waals surface area (Å²) in [4.78, 5) is 27.9. The lowest BCUT2D eigenvalue weighted by atomic mass is 9.93. The van der Waals surface area contributed by atoms with E-state index < -0.39 is 17.7 Å². The summed E-state index contributed by atoms with van der Waals surface area (Å²) in [6.45, 7) is 0. The van der Waals surface area contributed by atoms with Crippen LogP contribution in [0.5, 0.6) is 0 Å². The number of hydrogen-bond acceptors (Lipinski definition) is 3. The minimum Gasteiger partial charge on any atom is -0.507 e. The highest BCUT2D eigenvalue weighted by atomic mass is 35.5. The Hall–Kier alpha value is -3.89. The number of rotatable bonds is 3. The third-order valence-electron chi connectivity index (χ3n) is 5.71. The lowest BCUT2D eigenvalue weighted by Gasteiger charge is -2.25. The Balaban J connectivity index is 1.78. The monoisotopic (exact) mass is 439 g/mol. The second-order valence-corrected chi connectivity index (χ2v) is 8.02. The fourth-order valence-electron chi connectivity index (χ4n) is 4.22. The molecule has 1 fully saturated rings. The number of anilines is 1. The number of halogens is 1. The van der Waals surface area contributed by atoms with E-state index in [0.29, 0.717) is 21.8 Å². The van der Waals surface area contributed by atoms with E-state index in [1.807, 2.05) is 42.5 Å². The summed E-state index contributed by atoms with van der Waals surface area (Å²) in [6, 6.07) is 28.3. The summed E-state index contributed by atoms with van der Waals surface area (Å²) >= 11 is 6.08. The van der Waals surface area contributed by atoms with Gasteiger partial charge in [0, 0.05) is 16.3 Å². The first-order valence-corrected chi connectivity index (χ1v) is 10.5. The molecule has 1 heterocycles. The van der Waals surface area contributed by atoms with Crippen molar-refractivity contribution in [3.8, 4) is 0 Å². The number of ketones is 1. The van der Waals surface area contributed by atoms with E-state index in [9.17, 15) is 14.7 Å². The maximum atomic E-state index is 13.3. The quantitative estimate of drug-likeness (QED) is 0.238. The van der Waals surface area contributed by atoms with Crippen molar-refractivity contribution in [2.45, 2.75) is 6.04 Å². The van der Waals surface area contributed by atoms with Crippen LogP contribution in [0.2, 0.25) is 5.02 Å². The number of aliphatic hydroxyl groups excluding tert-OH is 1. The molecule has 156 valence electrons. The predicted molar refractivity (Wildman–Crippen MR) is 127 cm³/mol. The molecule has 4 nitrogen and oxygen atoms in total. The normalized spacial score (nSPS) is 17.8. The van der Waals surface area contributed by atoms with Gasteiger partial charge in [0.05, 0.1) is 11.6 Å². The third kappa shape index (κ3) is 3.26. The summed E-state index contributed by atoms with van der Waals surface area (Å²) in [5.74, 6) is -1.60. The van der Waals surface area contributed by atoms with Crippen LogP contribution in [0.1, 0.15) is 17.2 Å². The molecule has 1 unspecified atom stereocenters. The molecule has 1 N–H and O–H groups in total. The third-order valence-corrected chi connectivity index (χ3v) is 5.96. The van der Waals surface area contributed by atoms with Crippen LogP contribution >= 0.6 is 11.6 Å². The van der Waals surface area contributed by atoms with Crippen LogP contribution in [-0.4, -0.2) is 16.8 Å². The van der Waals surface area contributed by atoms with E-state index in [1.54, 1.807) is 54.6 Å². The molecular weight excluding hydrogens is 422 g/mol. The van der Waals surface area contributed by atoms with E-state index in [-0.39, 0.29) is 11.3 Å². The molecule has 1 saturated heterocycles. The highest BCUT2D eigenvalue weighted by molar-refractivity contribution is 6.51. The molecule has 1 aliphatic heterocycles. The van der Waals surface area contributed by atoms with Gasteiger partial charge in [-0.15, -0.1) is 0 Å². The molecule has 0 aromatic heterocycles. The molecule has 0 aliphatic carbocycles. The van der Waals surface area contributed by atoms with Crippen molar-refractivity contribution >= 4 is 45.5 Å². The van der Waals surface area contributed by atoms with E-state index in [1.165, 1.54) is 4.90 Å². The zero-order valence-electron chi connectivity index (χ0n) is 16.9. The first-order chi connectivity index (χ1) is 15.6. The van der Waals surface area contributed by atoms with Gasteiger partial charge in [-0.1, -0.05) is 84.4 Å². The van der Waals surface area contributed by atoms with Gasteiger partial charge in [-0.25, -0.2) is 0 Å². The summed E-state index contributed by atoms with van der Waals surface area (Å²) in [7, 11) is 0. The molecule has 1 atom stereocenters. The largest absolute Gasteiger partial charge is 0.507 e. The Kier molecular flexibility index (Phi) is 5.00. The number of aliphatic hydroxyl groups is 1. The van der Waals surface area contributed by atoms with Crippen molar-refractivity contribution in [2.75, 3.05) is 4.90 Å². The molecule has 0 saturated carbocycles. The lowest BCUT2D eigenvalue weighted by Crippen LogP contribution is -2.29. The minimum atomic E-state index is -0.784. The van der Waals surface area contributed by atoms with Crippen molar-refractivity contribution in [1.82, 2.24) is 0 Å². The van der Waals surface area contributed by atoms with Gasteiger partial charge in [0.25, 0.3) is 11.7 Å². The van der Waals surface area contributed by atoms with Gasteiger partial charge in [-0.3, -0.25) is 14.5 Å². The smallest absolute Gasteiger partial charge is 0.300 e. The van der Waals surface area contributed by atoms with Gasteiger partial charge in [-0.2, -0.15) is 0 Å². The first kappa shape index (κ1) is 20.0. The van der Waals surface area contributed by atoms with Crippen LogP contribution in [0.3, 0.4) is 0 Å². The zero-order valence-corrected chi connectivity index (χ0v) is 17.7. The molecule has 1 aliphatic rings. The minimum absolute atomic E-state index is 0.0533. The number of fused-ring (bicyclic) bond motifs is 1. The molecule has 5 rings (SSSR count). The van der Waals surface area contributed by atoms with Gasteiger partial charge < -0.3 is 5.11 Å². The average molecular weight is 440 g/mol. The molecule has 1 amide bonds.